The molecule has 148 valence electrons. The third-order valence-electron chi connectivity index (χ3n) is 7.33. The van der Waals surface area contributed by atoms with Crippen LogP contribution in [-0.4, -0.2) is 18.5 Å². The topological polar surface area (TPSA) is 79.2 Å². The van der Waals surface area contributed by atoms with Crippen molar-refractivity contribution in [2.24, 2.45) is 23.2 Å². The third kappa shape index (κ3) is 3.24. The van der Waals surface area contributed by atoms with Crippen LogP contribution in [0.1, 0.15) is 67.4 Å². The van der Waals surface area contributed by atoms with Crippen LogP contribution in [-0.2, 0) is 27.2 Å². The number of hydrogen-bond donors (Lipinski definition) is 1. The first-order valence-corrected chi connectivity index (χ1v) is 11.4. The van der Waals surface area contributed by atoms with Gasteiger partial charge in [-0.2, -0.15) is 5.26 Å². The molecule has 4 bridgehead atoms. The quantitative estimate of drug-likeness (QED) is 0.754. The number of aryl methyl sites for hydroxylation is 1. The summed E-state index contributed by atoms with van der Waals surface area (Å²) in [5.41, 5.74) is 1.80. The maximum absolute atomic E-state index is 12.5. The number of nitriles is 1. The van der Waals surface area contributed by atoms with E-state index >= 15 is 0 Å². The van der Waals surface area contributed by atoms with Crippen molar-refractivity contribution >= 4 is 28.2 Å². The molecule has 0 saturated heterocycles. The lowest BCUT2D eigenvalue weighted by molar-refractivity contribution is -0.154. The number of hydrogen-bond acceptors (Lipinski definition) is 5. The predicted molar refractivity (Wildman–Crippen MR) is 106 cm³/mol. The third-order valence-corrected chi connectivity index (χ3v) is 8.54. The first kappa shape index (κ1) is 18.2. The zero-order valence-electron chi connectivity index (χ0n) is 16.1. The Labute approximate surface area is 169 Å². The first-order valence-electron chi connectivity index (χ1n) is 10.5. The summed E-state index contributed by atoms with van der Waals surface area (Å²) in [4.78, 5) is 26.0. The van der Waals surface area contributed by atoms with E-state index in [1.807, 2.05) is 0 Å². The minimum absolute atomic E-state index is 0.130. The fourth-order valence-corrected chi connectivity index (χ4v) is 8.04. The highest BCUT2D eigenvalue weighted by Gasteiger charge is 2.51. The molecule has 1 N–H and O–H groups in total. The fraction of sp³-hybridized carbons (Fsp3) is 0.682. The normalized spacial score (nSPS) is 32.0. The number of rotatable bonds is 5. The van der Waals surface area contributed by atoms with Crippen molar-refractivity contribution in [2.45, 2.75) is 64.2 Å². The molecular weight excluding hydrogens is 372 g/mol. The number of nitrogens with one attached hydrogen (secondary N) is 1. The van der Waals surface area contributed by atoms with Crippen LogP contribution in [0, 0.1) is 34.5 Å². The summed E-state index contributed by atoms with van der Waals surface area (Å²) in [5, 5.41) is 12.8. The highest BCUT2D eigenvalue weighted by Crippen LogP contribution is 2.61. The molecule has 1 amide bonds. The molecule has 1 aromatic rings. The SMILES string of the molecule is N#Cc1c(NC(=O)COC(=O)CC23CC4CC(CC(C4)C2)C3)sc2c1CCC2. The maximum Gasteiger partial charge on any atom is 0.306 e. The van der Waals surface area contributed by atoms with Gasteiger partial charge < -0.3 is 10.1 Å². The average molecular weight is 399 g/mol. The van der Waals surface area contributed by atoms with Crippen LogP contribution >= 0.6 is 11.3 Å². The summed E-state index contributed by atoms with van der Waals surface area (Å²) < 4.78 is 5.34. The van der Waals surface area contributed by atoms with Gasteiger partial charge in [0.05, 0.1) is 12.0 Å². The van der Waals surface area contributed by atoms with Gasteiger partial charge >= 0.3 is 5.97 Å². The van der Waals surface area contributed by atoms with Gasteiger partial charge in [-0.3, -0.25) is 9.59 Å². The molecule has 5 nitrogen and oxygen atoms in total. The van der Waals surface area contributed by atoms with E-state index in [1.165, 1.54) is 35.5 Å². The number of ether oxygens (including phenoxy) is 1. The number of esters is 1. The van der Waals surface area contributed by atoms with Crippen LogP contribution in [0.2, 0.25) is 0 Å². The summed E-state index contributed by atoms with van der Waals surface area (Å²) in [6, 6.07) is 2.22. The number of nitrogens with zero attached hydrogens (tertiary/aromatic N) is 1. The molecule has 5 aliphatic carbocycles. The Morgan fingerprint density at radius 3 is 2.46 bits per heavy atom. The van der Waals surface area contributed by atoms with Crippen molar-refractivity contribution < 1.29 is 14.3 Å². The van der Waals surface area contributed by atoms with Crippen molar-refractivity contribution in [1.29, 1.82) is 5.26 Å². The van der Waals surface area contributed by atoms with Gasteiger partial charge in [0.15, 0.2) is 6.61 Å². The van der Waals surface area contributed by atoms with Crippen molar-refractivity contribution in [3.8, 4) is 6.07 Å². The van der Waals surface area contributed by atoms with Crippen molar-refractivity contribution in [2.75, 3.05) is 11.9 Å². The van der Waals surface area contributed by atoms with Crippen LogP contribution in [0.15, 0.2) is 0 Å². The molecule has 0 radical (unpaired) electrons. The van der Waals surface area contributed by atoms with E-state index < -0.39 is 0 Å². The molecule has 0 aromatic carbocycles. The van der Waals surface area contributed by atoms with E-state index in [0.717, 1.165) is 61.8 Å². The van der Waals surface area contributed by atoms with Crippen molar-refractivity contribution in [3.05, 3.63) is 16.0 Å². The second kappa shape index (κ2) is 6.88. The first-order chi connectivity index (χ1) is 13.5. The largest absolute Gasteiger partial charge is 0.456 e. The fourth-order valence-electron chi connectivity index (χ4n) is 6.78. The number of thiophene rings is 1. The van der Waals surface area contributed by atoms with Gasteiger partial charge in [-0.15, -0.1) is 11.3 Å². The lowest BCUT2D eigenvalue weighted by Crippen LogP contribution is -2.47. The van der Waals surface area contributed by atoms with Gasteiger partial charge in [0.25, 0.3) is 5.91 Å². The lowest BCUT2D eigenvalue weighted by atomic mass is 9.49. The number of carbonyl (C=O) groups excluding carboxylic acids is 2. The highest BCUT2D eigenvalue weighted by atomic mass is 32.1. The van der Waals surface area contributed by atoms with Crippen molar-refractivity contribution in [3.63, 3.8) is 0 Å². The summed E-state index contributed by atoms with van der Waals surface area (Å²) >= 11 is 1.49. The molecule has 28 heavy (non-hydrogen) atoms. The van der Waals surface area contributed by atoms with Gasteiger partial charge in [0.2, 0.25) is 0 Å². The zero-order chi connectivity index (χ0) is 19.3. The molecule has 0 aliphatic heterocycles. The Balaban J connectivity index is 1.15. The van der Waals surface area contributed by atoms with E-state index in [0.29, 0.717) is 17.0 Å². The van der Waals surface area contributed by atoms with E-state index in [2.05, 4.69) is 11.4 Å². The van der Waals surface area contributed by atoms with Crippen LogP contribution in [0.25, 0.3) is 0 Å². The molecule has 6 rings (SSSR count). The Bertz CT molecular complexity index is 831. The van der Waals surface area contributed by atoms with Crippen LogP contribution in [0.5, 0.6) is 0 Å². The Morgan fingerprint density at radius 1 is 1.14 bits per heavy atom. The van der Waals surface area contributed by atoms with Gasteiger partial charge in [0, 0.05) is 4.88 Å². The summed E-state index contributed by atoms with van der Waals surface area (Å²) in [7, 11) is 0. The summed E-state index contributed by atoms with van der Waals surface area (Å²) in [6.07, 6.45) is 10.9. The molecule has 4 saturated carbocycles. The van der Waals surface area contributed by atoms with Crippen LogP contribution in [0.3, 0.4) is 0 Å². The molecule has 5 aliphatic rings. The highest BCUT2D eigenvalue weighted by molar-refractivity contribution is 7.16. The standard InChI is InChI=1S/C22H26N2O3S/c23-11-17-16-2-1-3-18(16)28-21(17)24-19(25)12-27-20(26)10-22-7-13-4-14(8-22)6-15(5-13)9-22/h13-15H,1-10,12H2,(H,24,25). The van der Waals surface area contributed by atoms with Gasteiger partial charge in [-0.1, -0.05) is 0 Å². The molecule has 4 fully saturated rings. The average Bonchev–Trinajstić information content (AvgIpc) is 3.19. The maximum atomic E-state index is 12.5. The monoisotopic (exact) mass is 398 g/mol. The number of amides is 1. The Hall–Kier alpha value is -1.87. The minimum atomic E-state index is -0.352. The molecule has 6 heteroatoms. The molecule has 1 heterocycles. The van der Waals surface area contributed by atoms with Crippen LogP contribution < -0.4 is 5.32 Å². The second-order valence-electron chi connectivity index (χ2n) is 9.48. The Morgan fingerprint density at radius 2 is 1.82 bits per heavy atom. The van der Waals surface area contributed by atoms with Crippen LogP contribution in [0.4, 0.5) is 5.00 Å². The summed E-state index contributed by atoms with van der Waals surface area (Å²) in [6.45, 7) is -0.265. The zero-order valence-corrected chi connectivity index (χ0v) is 16.9. The van der Waals surface area contributed by atoms with Crippen molar-refractivity contribution in [1.82, 2.24) is 0 Å². The van der Waals surface area contributed by atoms with Gasteiger partial charge in [-0.05, 0) is 86.5 Å². The lowest BCUT2D eigenvalue weighted by Gasteiger charge is -2.56. The van der Waals surface area contributed by atoms with Gasteiger partial charge in [0.1, 0.15) is 11.1 Å². The minimum Gasteiger partial charge on any atom is -0.456 e. The molecule has 1 aromatic heterocycles. The Kier molecular flexibility index (Phi) is 4.46. The number of fused-ring (bicyclic) bond motifs is 1. The molecule has 0 spiro atoms. The smallest absolute Gasteiger partial charge is 0.306 e. The number of carbonyl (C=O) groups is 2. The summed E-state index contributed by atoms with van der Waals surface area (Å²) in [5.74, 6) is 1.80. The van der Waals surface area contributed by atoms with E-state index in [-0.39, 0.29) is 23.9 Å². The molecular formula is C22H26N2O3S. The number of anilines is 1. The van der Waals surface area contributed by atoms with E-state index in [4.69, 9.17) is 4.74 Å². The van der Waals surface area contributed by atoms with E-state index in [9.17, 15) is 14.9 Å². The predicted octanol–water partition coefficient (Wildman–Crippen LogP) is 4.20. The molecule has 0 unspecified atom stereocenters. The molecule has 0 atom stereocenters. The van der Waals surface area contributed by atoms with E-state index in [1.54, 1.807) is 0 Å². The second-order valence-corrected chi connectivity index (χ2v) is 10.6. The van der Waals surface area contributed by atoms with Gasteiger partial charge in [-0.25, -0.2) is 0 Å².